The molecule has 0 spiro atoms. The van der Waals surface area contributed by atoms with Crippen LogP contribution in [0.3, 0.4) is 0 Å². The molecule has 3 aliphatic rings. The van der Waals surface area contributed by atoms with Gasteiger partial charge in [0.15, 0.2) is 0 Å². The van der Waals surface area contributed by atoms with Crippen molar-refractivity contribution in [3.63, 3.8) is 0 Å². The Hall–Kier alpha value is -1.56. The summed E-state index contributed by atoms with van der Waals surface area (Å²) < 4.78 is 11.1. The molecule has 3 fully saturated rings. The number of nitrogens with two attached hydrogens (primary N) is 1. The van der Waals surface area contributed by atoms with Crippen molar-refractivity contribution in [3.05, 3.63) is 0 Å². The summed E-state index contributed by atoms with van der Waals surface area (Å²) in [6.07, 6.45) is 14.5. The Labute approximate surface area is 246 Å². The number of aromatic nitrogens is 3. The number of anilines is 3. The predicted molar refractivity (Wildman–Crippen MR) is 165 cm³/mol. The van der Waals surface area contributed by atoms with Crippen LogP contribution in [0.4, 0.5) is 17.8 Å². The zero-order valence-electron chi connectivity index (χ0n) is 24.9. The molecule has 0 bridgehead atoms. The first-order valence-electron chi connectivity index (χ1n) is 16.1. The summed E-state index contributed by atoms with van der Waals surface area (Å²) in [6, 6.07) is 0.759. The number of hydrogen-bond donors (Lipinski definition) is 6. The van der Waals surface area contributed by atoms with Crippen molar-refractivity contribution in [2.45, 2.75) is 83.1 Å². The molecule has 12 nitrogen and oxygen atoms in total. The van der Waals surface area contributed by atoms with E-state index in [2.05, 4.69) is 40.7 Å². The SMILES string of the molecule is Nc1nc(NC[C@H]2CC[C@H](CNCCCNC3CCCCC3)CC2)nc(N2CCCN(CCCP(=O)(O)O)CC2)n1. The third kappa shape index (κ3) is 12.3. The third-order valence-corrected chi connectivity index (χ3v) is 9.85. The Balaban J connectivity index is 1.10. The third-order valence-electron chi connectivity index (χ3n) is 8.95. The topological polar surface area (TPSA) is 165 Å². The molecule has 0 atom stereocenters. The molecule has 1 aromatic heterocycles. The molecule has 2 saturated carbocycles. The normalized spacial score (nSPS) is 23.4. The van der Waals surface area contributed by atoms with Crippen molar-refractivity contribution in [3.8, 4) is 0 Å². The highest BCUT2D eigenvalue weighted by atomic mass is 31.2. The fourth-order valence-electron chi connectivity index (χ4n) is 6.50. The number of nitrogen functional groups attached to an aromatic ring is 1. The van der Waals surface area contributed by atoms with Crippen LogP contribution in [0, 0.1) is 11.8 Å². The van der Waals surface area contributed by atoms with Crippen LogP contribution in [0.25, 0.3) is 0 Å². The molecular formula is C28H54N9O3P. The van der Waals surface area contributed by atoms with Gasteiger partial charge in [0, 0.05) is 32.2 Å². The van der Waals surface area contributed by atoms with Crippen molar-refractivity contribution >= 4 is 25.4 Å². The van der Waals surface area contributed by atoms with E-state index in [0.717, 1.165) is 70.7 Å². The van der Waals surface area contributed by atoms with E-state index in [1.807, 2.05) is 0 Å². The van der Waals surface area contributed by atoms with Crippen LogP contribution < -0.4 is 26.6 Å². The van der Waals surface area contributed by atoms with Gasteiger partial charge in [-0.1, -0.05) is 19.3 Å². The second-order valence-electron chi connectivity index (χ2n) is 12.4. The summed E-state index contributed by atoms with van der Waals surface area (Å²) in [6.45, 7) is 8.15. The van der Waals surface area contributed by atoms with Crippen LogP contribution >= 0.6 is 7.60 Å². The van der Waals surface area contributed by atoms with Crippen LogP contribution in [-0.4, -0.2) is 101 Å². The van der Waals surface area contributed by atoms with Gasteiger partial charge in [-0.05, 0) is 102 Å². The van der Waals surface area contributed by atoms with E-state index in [0.29, 0.717) is 30.8 Å². The first-order valence-corrected chi connectivity index (χ1v) is 17.9. The molecule has 2 aliphatic carbocycles. The lowest BCUT2D eigenvalue weighted by molar-refractivity contribution is 0.275. The number of nitrogens with one attached hydrogen (secondary N) is 3. The van der Waals surface area contributed by atoms with Gasteiger partial charge in [0.2, 0.25) is 17.8 Å². The van der Waals surface area contributed by atoms with Gasteiger partial charge in [-0.2, -0.15) is 15.0 Å². The molecule has 1 aliphatic heterocycles. The maximum atomic E-state index is 11.1. The molecule has 4 rings (SSSR count). The van der Waals surface area contributed by atoms with Crippen molar-refractivity contribution in [1.82, 2.24) is 30.5 Å². The molecule has 0 aromatic carbocycles. The molecule has 0 amide bonds. The van der Waals surface area contributed by atoms with Gasteiger partial charge in [-0.25, -0.2) is 0 Å². The van der Waals surface area contributed by atoms with E-state index in [9.17, 15) is 4.57 Å². The van der Waals surface area contributed by atoms with E-state index >= 15 is 0 Å². The standard InChI is InChI=1S/C28H54N9O3P/c29-26-33-27(35-28(34-26)37-17-5-15-36(18-19-37)16-6-20-41(38,39)40)32-22-24-11-9-23(10-12-24)21-30-13-4-14-31-25-7-2-1-3-8-25/h23-25,30-31H,1-22H2,(H2,38,39,40)(H3,29,32,33,34,35)/t23-,24-. The highest BCUT2D eigenvalue weighted by Gasteiger charge is 2.23. The lowest BCUT2D eigenvalue weighted by Gasteiger charge is -2.29. The first kappa shape index (κ1) is 32.4. The maximum Gasteiger partial charge on any atom is 0.325 e. The Bertz CT molecular complexity index is 938. The summed E-state index contributed by atoms with van der Waals surface area (Å²) >= 11 is 0. The average molecular weight is 596 g/mol. The van der Waals surface area contributed by atoms with Gasteiger partial charge in [0.25, 0.3) is 0 Å². The minimum Gasteiger partial charge on any atom is -0.368 e. The predicted octanol–water partition coefficient (Wildman–Crippen LogP) is 2.65. The lowest BCUT2D eigenvalue weighted by Crippen LogP contribution is -2.34. The van der Waals surface area contributed by atoms with E-state index in [1.165, 1.54) is 64.2 Å². The molecule has 0 unspecified atom stereocenters. The second-order valence-corrected chi connectivity index (χ2v) is 14.1. The highest BCUT2D eigenvalue weighted by molar-refractivity contribution is 7.51. The Kier molecular flexibility index (Phi) is 13.3. The zero-order chi connectivity index (χ0) is 28.9. The minimum atomic E-state index is -3.94. The fraction of sp³-hybridized carbons (Fsp3) is 0.893. The zero-order valence-corrected chi connectivity index (χ0v) is 25.7. The van der Waals surface area contributed by atoms with Gasteiger partial charge in [0.05, 0.1) is 6.16 Å². The monoisotopic (exact) mass is 595 g/mol. The van der Waals surface area contributed by atoms with Crippen molar-refractivity contribution in [2.24, 2.45) is 11.8 Å². The number of hydrogen-bond acceptors (Lipinski definition) is 10. The van der Waals surface area contributed by atoms with Gasteiger partial charge in [0.1, 0.15) is 0 Å². The molecule has 7 N–H and O–H groups in total. The molecule has 13 heteroatoms. The second kappa shape index (κ2) is 16.9. The smallest absolute Gasteiger partial charge is 0.325 e. The van der Waals surface area contributed by atoms with Crippen molar-refractivity contribution < 1.29 is 14.4 Å². The Morgan fingerprint density at radius 3 is 2.34 bits per heavy atom. The Morgan fingerprint density at radius 1 is 0.829 bits per heavy atom. The molecule has 41 heavy (non-hydrogen) atoms. The summed E-state index contributed by atoms with van der Waals surface area (Å²) in [5.74, 6) is 2.76. The van der Waals surface area contributed by atoms with Crippen LogP contribution in [0.1, 0.15) is 77.0 Å². The van der Waals surface area contributed by atoms with Gasteiger partial charge >= 0.3 is 7.60 Å². The van der Waals surface area contributed by atoms with Gasteiger partial charge < -0.3 is 41.3 Å². The fourth-order valence-corrected chi connectivity index (χ4v) is 7.06. The average Bonchev–Trinajstić information content (AvgIpc) is 3.20. The number of rotatable bonds is 15. The van der Waals surface area contributed by atoms with Crippen molar-refractivity contribution in [1.29, 1.82) is 0 Å². The molecule has 2 heterocycles. The Morgan fingerprint density at radius 2 is 1.59 bits per heavy atom. The highest BCUT2D eigenvalue weighted by Crippen LogP contribution is 2.35. The van der Waals surface area contributed by atoms with Gasteiger partial charge in [-0.3, -0.25) is 4.57 Å². The van der Waals surface area contributed by atoms with E-state index < -0.39 is 7.60 Å². The quantitative estimate of drug-likeness (QED) is 0.130. The molecule has 1 aromatic rings. The largest absolute Gasteiger partial charge is 0.368 e. The molecule has 234 valence electrons. The van der Waals surface area contributed by atoms with Crippen LogP contribution in [0.5, 0.6) is 0 Å². The molecule has 0 radical (unpaired) electrons. The van der Waals surface area contributed by atoms with Gasteiger partial charge in [-0.15, -0.1) is 0 Å². The summed E-state index contributed by atoms with van der Waals surface area (Å²) in [7, 11) is -3.94. The first-order chi connectivity index (χ1) is 19.8. The summed E-state index contributed by atoms with van der Waals surface area (Å²) in [5.41, 5.74) is 6.06. The van der Waals surface area contributed by atoms with Crippen molar-refractivity contribution in [2.75, 3.05) is 81.0 Å². The summed E-state index contributed by atoms with van der Waals surface area (Å²) in [5, 5.41) is 10.9. The number of nitrogens with zero attached hydrogens (tertiary/aromatic N) is 5. The van der Waals surface area contributed by atoms with E-state index in [-0.39, 0.29) is 12.1 Å². The van der Waals surface area contributed by atoms with E-state index in [4.69, 9.17) is 15.5 Å². The molecular weight excluding hydrogens is 541 g/mol. The van der Waals surface area contributed by atoms with Crippen LogP contribution in [-0.2, 0) is 4.57 Å². The van der Waals surface area contributed by atoms with Crippen LogP contribution in [0.2, 0.25) is 0 Å². The minimum absolute atomic E-state index is 0.0665. The lowest BCUT2D eigenvalue weighted by atomic mass is 9.82. The summed E-state index contributed by atoms with van der Waals surface area (Å²) in [4.78, 5) is 36.0. The van der Waals surface area contributed by atoms with Crippen LogP contribution in [0.15, 0.2) is 0 Å². The maximum absolute atomic E-state index is 11.1. The molecule has 1 saturated heterocycles. The van der Waals surface area contributed by atoms with E-state index in [1.54, 1.807) is 0 Å².